The lowest BCUT2D eigenvalue weighted by molar-refractivity contribution is -0.154. The second-order valence-corrected chi connectivity index (χ2v) is 18.6. The number of benzene rings is 2. The van der Waals surface area contributed by atoms with Crippen molar-refractivity contribution in [3.8, 4) is 27.4 Å². The number of aromatic hydroxyl groups is 1. The number of phenols is 1. The standard InChI is InChI=1S/C45H57N9O7S/c1-27(29-10-12-30(13-11-29)39-28(2)47-26-62-39)48-42(59)35-22-31(55)24-54(35)43(60)40(44(3,4)5)49-37(57)14-15-38(58)53-20-21-61-45(25-53)16-18-52(19-17-45)34-23-33(50-51-41(34)46)32-8-6-7-9-36(32)56/h6-13,23,26-27,31,35,40,55-56H,14-22,24-25H2,1-5H3,(H2,46,51)(H,48,59)(H,49,57)/t27-,31+,35-,40+/m0/s1. The Bertz CT molecular complexity index is 2270. The van der Waals surface area contributed by atoms with E-state index in [0.29, 0.717) is 62.6 Å². The number of aliphatic hydroxyl groups excluding tert-OH is 1. The maximum Gasteiger partial charge on any atom is 0.246 e. The van der Waals surface area contributed by atoms with Gasteiger partial charge in [0.05, 0.1) is 51.8 Å². The predicted octanol–water partition coefficient (Wildman–Crippen LogP) is 4.21. The first-order valence-electron chi connectivity index (χ1n) is 21.2. The first kappa shape index (κ1) is 44.4. The molecule has 5 heterocycles. The number of anilines is 2. The van der Waals surface area contributed by atoms with Crippen LogP contribution in [0.2, 0.25) is 0 Å². The second-order valence-electron chi connectivity index (χ2n) is 17.7. The van der Waals surface area contributed by atoms with Gasteiger partial charge >= 0.3 is 0 Å². The number of amides is 4. The second kappa shape index (κ2) is 18.4. The number of carbonyl (C=O) groups is 4. The molecule has 4 atom stereocenters. The third-order valence-electron chi connectivity index (χ3n) is 12.2. The van der Waals surface area contributed by atoms with Crippen LogP contribution in [0.5, 0.6) is 5.75 Å². The molecule has 3 fully saturated rings. The fraction of sp³-hybridized carbons (Fsp3) is 0.489. The van der Waals surface area contributed by atoms with Gasteiger partial charge in [-0.25, -0.2) is 4.98 Å². The fourth-order valence-electron chi connectivity index (χ4n) is 8.61. The molecule has 2 aromatic carbocycles. The number of likely N-dealkylation sites (tertiary alicyclic amines) is 1. The van der Waals surface area contributed by atoms with Gasteiger partial charge in [-0.3, -0.25) is 19.2 Å². The third kappa shape index (κ3) is 9.85. The predicted molar refractivity (Wildman–Crippen MR) is 236 cm³/mol. The van der Waals surface area contributed by atoms with Crippen LogP contribution in [0.3, 0.4) is 0 Å². The number of ether oxygens (including phenoxy) is 1. The van der Waals surface area contributed by atoms with Crippen molar-refractivity contribution in [2.24, 2.45) is 5.41 Å². The summed E-state index contributed by atoms with van der Waals surface area (Å²) in [5.41, 5.74) is 11.4. The third-order valence-corrected chi connectivity index (χ3v) is 13.2. The molecule has 3 saturated heterocycles. The molecule has 1 spiro atoms. The minimum Gasteiger partial charge on any atom is -0.507 e. The summed E-state index contributed by atoms with van der Waals surface area (Å²) in [5, 5.41) is 35.3. The van der Waals surface area contributed by atoms with Crippen molar-refractivity contribution in [3.05, 3.63) is 71.4 Å². The van der Waals surface area contributed by atoms with Gasteiger partial charge in [-0.05, 0) is 61.4 Å². The van der Waals surface area contributed by atoms with E-state index >= 15 is 0 Å². The number of nitrogens with one attached hydrogen (secondary N) is 2. The minimum atomic E-state index is -1.01. The highest BCUT2D eigenvalue weighted by Gasteiger charge is 2.45. The summed E-state index contributed by atoms with van der Waals surface area (Å²) in [5.74, 6) is -1.11. The van der Waals surface area contributed by atoms with E-state index in [0.717, 1.165) is 21.7 Å². The van der Waals surface area contributed by atoms with Crippen LogP contribution in [0, 0.1) is 12.3 Å². The van der Waals surface area contributed by atoms with Crippen molar-refractivity contribution < 1.29 is 34.1 Å². The summed E-state index contributed by atoms with van der Waals surface area (Å²) in [7, 11) is 0. The van der Waals surface area contributed by atoms with Crippen LogP contribution in [-0.4, -0.2) is 122 Å². The molecule has 4 amide bonds. The molecule has 2 aromatic heterocycles. The average Bonchev–Trinajstić information content (AvgIpc) is 3.87. The van der Waals surface area contributed by atoms with Crippen molar-refractivity contribution in [2.45, 2.75) is 96.6 Å². The number of nitrogens with zero attached hydrogens (tertiary/aromatic N) is 6. The minimum absolute atomic E-state index is 0.0439. The first-order chi connectivity index (χ1) is 29.5. The molecule has 4 aromatic rings. The summed E-state index contributed by atoms with van der Waals surface area (Å²) in [6, 6.07) is 14.3. The van der Waals surface area contributed by atoms with Crippen molar-refractivity contribution in [1.29, 1.82) is 0 Å². The number of morpholine rings is 1. The number of β-amino-alcohol motifs (C(OH)–C–C–N with tert-alkyl or cyclic N) is 1. The lowest BCUT2D eigenvalue weighted by Gasteiger charge is -2.47. The molecule has 3 aliphatic heterocycles. The number of aryl methyl sites for hydroxylation is 1. The highest BCUT2D eigenvalue weighted by molar-refractivity contribution is 7.13. The van der Waals surface area contributed by atoms with Crippen LogP contribution in [-0.2, 0) is 23.9 Å². The lowest BCUT2D eigenvalue weighted by Crippen LogP contribution is -2.58. The molecule has 0 saturated carbocycles. The zero-order chi connectivity index (χ0) is 44.3. The highest BCUT2D eigenvalue weighted by atomic mass is 32.1. The molecule has 7 rings (SSSR count). The molecule has 0 aliphatic carbocycles. The number of carbonyl (C=O) groups excluding carboxylic acids is 4. The number of para-hydroxylation sites is 1. The normalized spacial score (nSPS) is 19.9. The van der Waals surface area contributed by atoms with Crippen molar-refractivity contribution in [1.82, 2.24) is 35.6 Å². The first-order valence-corrected chi connectivity index (χ1v) is 22.1. The molecule has 62 heavy (non-hydrogen) atoms. The Hall–Kier alpha value is -5.65. The van der Waals surface area contributed by atoms with Gasteiger partial charge in [-0.15, -0.1) is 21.5 Å². The van der Waals surface area contributed by atoms with Gasteiger partial charge in [0.1, 0.15) is 17.8 Å². The Labute approximate surface area is 365 Å². The molecular formula is C45H57N9O7S. The maximum atomic E-state index is 14.2. The monoisotopic (exact) mass is 867 g/mol. The van der Waals surface area contributed by atoms with Crippen LogP contribution in [0.1, 0.15) is 77.1 Å². The Morgan fingerprint density at radius 1 is 1.02 bits per heavy atom. The molecule has 0 radical (unpaired) electrons. The number of piperidine rings is 1. The van der Waals surface area contributed by atoms with Gasteiger partial charge in [0.2, 0.25) is 23.6 Å². The van der Waals surface area contributed by atoms with Gasteiger partial charge in [0.25, 0.3) is 0 Å². The zero-order valence-electron chi connectivity index (χ0n) is 36.0. The summed E-state index contributed by atoms with van der Waals surface area (Å²) in [6.45, 7) is 11.6. The van der Waals surface area contributed by atoms with E-state index in [4.69, 9.17) is 10.5 Å². The quantitative estimate of drug-likeness (QED) is 0.143. The van der Waals surface area contributed by atoms with Gasteiger partial charge in [-0.2, -0.15) is 0 Å². The van der Waals surface area contributed by atoms with Crippen LogP contribution in [0.4, 0.5) is 11.5 Å². The van der Waals surface area contributed by atoms with Crippen LogP contribution < -0.4 is 21.3 Å². The van der Waals surface area contributed by atoms with E-state index < -0.39 is 41.0 Å². The molecule has 3 aliphatic rings. The van der Waals surface area contributed by atoms with Crippen molar-refractivity contribution in [3.63, 3.8) is 0 Å². The summed E-state index contributed by atoms with van der Waals surface area (Å²) < 4.78 is 6.32. The van der Waals surface area contributed by atoms with Crippen LogP contribution >= 0.6 is 11.3 Å². The van der Waals surface area contributed by atoms with E-state index in [2.05, 4.69) is 30.7 Å². The molecule has 16 nitrogen and oxygen atoms in total. The number of hydrogen-bond acceptors (Lipinski definition) is 13. The van der Waals surface area contributed by atoms with Crippen LogP contribution in [0.15, 0.2) is 60.1 Å². The number of thiazole rings is 1. The van der Waals surface area contributed by atoms with Gasteiger partial charge in [0, 0.05) is 57.5 Å². The van der Waals surface area contributed by atoms with E-state index in [-0.39, 0.29) is 55.2 Å². The van der Waals surface area contributed by atoms with E-state index in [1.807, 2.05) is 76.5 Å². The lowest BCUT2D eigenvalue weighted by atomic mass is 9.85. The summed E-state index contributed by atoms with van der Waals surface area (Å²) >= 11 is 1.57. The van der Waals surface area contributed by atoms with E-state index in [9.17, 15) is 29.4 Å². The summed E-state index contributed by atoms with van der Waals surface area (Å²) in [4.78, 5) is 65.6. The van der Waals surface area contributed by atoms with E-state index in [1.54, 1.807) is 34.4 Å². The number of hydrogen-bond donors (Lipinski definition) is 5. The number of aromatic nitrogens is 3. The number of phenolic OH excluding ortho intramolecular Hbond substituents is 1. The van der Waals surface area contributed by atoms with Gasteiger partial charge in [-0.1, -0.05) is 57.2 Å². The Morgan fingerprint density at radius 2 is 1.74 bits per heavy atom. The maximum absolute atomic E-state index is 14.2. The van der Waals surface area contributed by atoms with Gasteiger partial charge in [0.15, 0.2) is 5.82 Å². The molecular weight excluding hydrogens is 811 g/mol. The van der Waals surface area contributed by atoms with Crippen LogP contribution in [0.25, 0.3) is 21.7 Å². The largest absolute Gasteiger partial charge is 0.507 e. The number of rotatable bonds is 11. The highest BCUT2D eigenvalue weighted by Crippen LogP contribution is 2.37. The Morgan fingerprint density at radius 3 is 2.42 bits per heavy atom. The molecule has 6 N–H and O–H groups in total. The number of nitrogens with two attached hydrogens (primary N) is 1. The molecule has 0 bridgehead atoms. The Kier molecular flexibility index (Phi) is 13.2. The van der Waals surface area contributed by atoms with E-state index in [1.165, 1.54) is 4.90 Å². The Balaban J connectivity index is 0.920. The van der Waals surface area contributed by atoms with Gasteiger partial charge < -0.3 is 46.0 Å². The number of aliphatic hydroxyl groups is 1. The van der Waals surface area contributed by atoms with Crippen molar-refractivity contribution >= 4 is 46.5 Å². The smallest absolute Gasteiger partial charge is 0.246 e. The topological polar surface area (TPSA) is 216 Å². The number of nitrogen functional groups attached to an aromatic ring is 1. The SMILES string of the molecule is Cc1ncsc1-c1ccc([C@H](C)NC(=O)[C@@H]2C[C@@H](O)CN2C(=O)[C@@H](NC(=O)CCC(=O)N2CCOC3(CCN(c4cc(-c5ccccc5O)nnc4N)CC3)C2)C(C)(C)C)cc1. The molecule has 0 unspecified atom stereocenters. The average molecular weight is 868 g/mol. The summed E-state index contributed by atoms with van der Waals surface area (Å²) in [6.07, 6.45) is 0.245. The molecule has 17 heteroatoms. The zero-order valence-corrected chi connectivity index (χ0v) is 36.8. The fourth-order valence-corrected chi connectivity index (χ4v) is 9.42. The van der Waals surface area contributed by atoms with Crippen molar-refractivity contribution in [2.75, 3.05) is 50.0 Å². The molecule has 330 valence electrons.